The van der Waals surface area contributed by atoms with Gasteiger partial charge >= 0.3 is 0 Å². The molecule has 0 bridgehead atoms. The van der Waals surface area contributed by atoms with E-state index >= 15 is 0 Å². The molecule has 0 heterocycles. The molecule has 96 valence electrons. The molecule has 1 atom stereocenters. The van der Waals surface area contributed by atoms with Gasteiger partial charge in [0.05, 0.1) is 12.7 Å². The van der Waals surface area contributed by atoms with Crippen molar-refractivity contribution in [3.63, 3.8) is 0 Å². The molecule has 1 aromatic rings. The lowest BCUT2D eigenvalue weighted by atomic mass is 9.86. The van der Waals surface area contributed by atoms with Crippen molar-refractivity contribution in [3.8, 4) is 5.75 Å². The summed E-state index contributed by atoms with van der Waals surface area (Å²) in [4.78, 5) is 0. The van der Waals surface area contributed by atoms with Crippen LogP contribution < -0.4 is 4.74 Å². The second-order valence-corrected chi connectivity index (χ2v) is 5.74. The first-order chi connectivity index (χ1) is 7.80. The van der Waals surface area contributed by atoms with Crippen molar-refractivity contribution >= 4 is 0 Å². The van der Waals surface area contributed by atoms with E-state index in [-0.39, 0.29) is 11.5 Å². The molecule has 0 aromatic heterocycles. The van der Waals surface area contributed by atoms with Crippen LogP contribution in [0.15, 0.2) is 18.2 Å². The minimum atomic E-state index is -0.308. The van der Waals surface area contributed by atoms with Gasteiger partial charge in [-0.15, -0.1) is 0 Å². The van der Waals surface area contributed by atoms with E-state index in [9.17, 15) is 5.11 Å². The van der Waals surface area contributed by atoms with Crippen molar-refractivity contribution < 1.29 is 9.84 Å². The Morgan fingerprint density at radius 1 is 1.29 bits per heavy atom. The van der Waals surface area contributed by atoms with Gasteiger partial charge in [0.1, 0.15) is 5.75 Å². The summed E-state index contributed by atoms with van der Waals surface area (Å²) in [5.41, 5.74) is 2.49. The lowest BCUT2D eigenvalue weighted by Crippen LogP contribution is -2.15. The topological polar surface area (TPSA) is 29.5 Å². The summed E-state index contributed by atoms with van der Waals surface area (Å²) < 4.78 is 5.80. The lowest BCUT2D eigenvalue weighted by Gasteiger charge is -2.23. The Morgan fingerprint density at radius 3 is 2.47 bits per heavy atom. The van der Waals surface area contributed by atoms with E-state index in [1.165, 1.54) is 11.1 Å². The predicted octanol–water partition coefficient (Wildman–Crippen LogP) is 3.44. The standard InChI is InChI=1S/C15H24O2/c1-11-6-7-13(15(3,4)5)14(10-11)17-9-8-12(2)16/h6-7,10,12,16H,8-9H2,1-5H3. The molecule has 2 heteroatoms. The van der Waals surface area contributed by atoms with Crippen LogP contribution in [0.4, 0.5) is 0 Å². The molecular weight excluding hydrogens is 212 g/mol. The predicted molar refractivity (Wildman–Crippen MR) is 71.7 cm³/mol. The van der Waals surface area contributed by atoms with Gasteiger partial charge in [-0.2, -0.15) is 0 Å². The molecular formula is C15H24O2. The van der Waals surface area contributed by atoms with Crippen LogP contribution in [-0.2, 0) is 5.41 Å². The smallest absolute Gasteiger partial charge is 0.123 e. The fraction of sp³-hybridized carbons (Fsp3) is 0.600. The number of benzene rings is 1. The average molecular weight is 236 g/mol. The first kappa shape index (κ1) is 14.0. The van der Waals surface area contributed by atoms with Gasteiger partial charge in [0.2, 0.25) is 0 Å². The largest absolute Gasteiger partial charge is 0.493 e. The zero-order valence-electron chi connectivity index (χ0n) is 11.6. The Hall–Kier alpha value is -1.02. The highest BCUT2D eigenvalue weighted by Crippen LogP contribution is 2.32. The maximum Gasteiger partial charge on any atom is 0.123 e. The molecule has 1 aromatic carbocycles. The normalized spacial score (nSPS) is 13.5. The van der Waals surface area contributed by atoms with Crippen LogP contribution in [0, 0.1) is 6.92 Å². The fourth-order valence-electron chi connectivity index (χ4n) is 1.71. The first-order valence-corrected chi connectivity index (χ1v) is 6.22. The van der Waals surface area contributed by atoms with Crippen LogP contribution in [0.3, 0.4) is 0 Å². The highest BCUT2D eigenvalue weighted by atomic mass is 16.5. The molecule has 0 aliphatic carbocycles. The Bertz CT molecular complexity index is 362. The quantitative estimate of drug-likeness (QED) is 0.867. The van der Waals surface area contributed by atoms with Crippen LogP contribution in [0.25, 0.3) is 0 Å². The summed E-state index contributed by atoms with van der Waals surface area (Å²) in [7, 11) is 0. The van der Waals surface area contributed by atoms with Crippen molar-refractivity contribution in [3.05, 3.63) is 29.3 Å². The van der Waals surface area contributed by atoms with Crippen LogP contribution in [-0.4, -0.2) is 17.8 Å². The van der Waals surface area contributed by atoms with Crippen molar-refractivity contribution in [1.29, 1.82) is 0 Å². The van der Waals surface area contributed by atoms with E-state index in [0.29, 0.717) is 13.0 Å². The van der Waals surface area contributed by atoms with E-state index in [2.05, 4.69) is 45.9 Å². The summed E-state index contributed by atoms with van der Waals surface area (Å²) in [6.45, 7) is 10.9. The van der Waals surface area contributed by atoms with E-state index in [1.807, 2.05) is 0 Å². The van der Waals surface area contributed by atoms with E-state index < -0.39 is 0 Å². The number of rotatable bonds is 4. The maximum atomic E-state index is 9.23. The number of aliphatic hydroxyl groups is 1. The van der Waals surface area contributed by atoms with Crippen molar-refractivity contribution in [1.82, 2.24) is 0 Å². The van der Waals surface area contributed by atoms with Gasteiger partial charge in [-0.3, -0.25) is 0 Å². The number of ether oxygens (including phenoxy) is 1. The van der Waals surface area contributed by atoms with Crippen LogP contribution in [0.1, 0.15) is 45.2 Å². The molecule has 0 aliphatic heterocycles. The van der Waals surface area contributed by atoms with Crippen molar-refractivity contribution in [2.75, 3.05) is 6.61 Å². The monoisotopic (exact) mass is 236 g/mol. The summed E-state index contributed by atoms with van der Waals surface area (Å²) in [6.07, 6.45) is 0.357. The van der Waals surface area contributed by atoms with E-state index in [0.717, 1.165) is 5.75 Å². The molecule has 0 spiro atoms. The molecule has 2 nitrogen and oxygen atoms in total. The van der Waals surface area contributed by atoms with Gasteiger partial charge in [-0.1, -0.05) is 32.9 Å². The van der Waals surface area contributed by atoms with Crippen molar-refractivity contribution in [2.24, 2.45) is 0 Å². The second-order valence-electron chi connectivity index (χ2n) is 5.74. The van der Waals surface area contributed by atoms with Gasteiger partial charge in [0.15, 0.2) is 0 Å². The molecule has 0 fully saturated rings. The number of hydrogen-bond donors (Lipinski definition) is 1. The van der Waals surface area contributed by atoms with Gasteiger partial charge < -0.3 is 9.84 Å². The van der Waals surface area contributed by atoms with Gasteiger partial charge in [-0.05, 0) is 36.5 Å². The Kier molecular flexibility index (Phi) is 4.58. The van der Waals surface area contributed by atoms with Crippen LogP contribution in [0.5, 0.6) is 5.75 Å². The highest BCUT2D eigenvalue weighted by Gasteiger charge is 2.18. The third kappa shape index (κ3) is 4.39. The average Bonchev–Trinajstić information content (AvgIpc) is 2.15. The minimum absolute atomic E-state index is 0.0772. The molecule has 0 saturated heterocycles. The molecule has 1 unspecified atom stereocenters. The summed E-state index contributed by atoms with van der Waals surface area (Å²) >= 11 is 0. The zero-order valence-corrected chi connectivity index (χ0v) is 11.6. The Morgan fingerprint density at radius 2 is 1.94 bits per heavy atom. The molecule has 0 saturated carbocycles. The number of aliphatic hydroxyl groups excluding tert-OH is 1. The molecule has 1 rings (SSSR count). The SMILES string of the molecule is Cc1ccc(C(C)(C)C)c(OCCC(C)O)c1. The highest BCUT2D eigenvalue weighted by molar-refractivity contribution is 5.41. The molecule has 17 heavy (non-hydrogen) atoms. The molecule has 1 N–H and O–H groups in total. The van der Waals surface area contributed by atoms with Crippen LogP contribution in [0.2, 0.25) is 0 Å². The van der Waals surface area contributed by atoms with E-state index in [1.54, 1.807) is 6.92 Å². The second kappa shape index (κ2) is 5.54. The summed E-state index contributed by atoms with van der Waals surface area (Å²) in [5.74, 6) is 0.943. The van der Waals surface area contributed by atoms with Gasteiger partial charge in [0, 0.05) is 6.42 Å². The molecule has 0 aliphatic rings. The lowest BCUT2D eigenvalue weighted by molar-refractivity contribution is 0.155. The maximum absolute atomic E-state index is 9.23. The first-order valence-electron chi connectivity index (χ1n) is 6.22. The van der Waals surface area contributed by atoms with Gasteiger partial charge in [0.25, 0.3) is 0 Å². The third-order valence-corrected chi connectivity index (χ3v) is 2.74. The third-order valence-electron chi connectivity index (χ3n) is 2.74. The fourth-order valence-corrected chi connectivity index (χ4v) is 1.71. The molecule has 0 amide bonds. The Labute approximate surface area is 105 Å². The Balaban J connectivity index is 2.84. The zero-order chi connectivity index (χ0) is 13.1. The molecule has 0 radical (unpaired) electrons. The van der Waals surface area contributed by atoms with Crippen molar-refractivity contribution in [2.45, 2.75) is 52.6 Å². The van der Waals surface area contributed by atoms with E-state index in [4.69, 9.17) is 4.74 Å². The van der Waals surface area contributed by atoms with Gasteiger partial charge in [-0.25, -0.2) is 0 Å². The number of aryl methyl sites for hydroxylation is 1. The summed E-state index contributed by atoms with van der Waals surface area (Å²) in [6, 6.07) is 6.32. The minimum Gasteiger partial charge on any atom is -0.493 e. The number of hydrogen-bond acceptors (Lipinski definition) is 2. The van der Waals surface area contributed by atoms with Crippen LogP contribution >= 0.6 is 0 Å². The summed E-state index contributed by atoms with van der Waals surface area (Å²) in [5, 5.41) is 9.23.